The lowest BCUT2D eigenvalue weighted by molar-refractivity contribution is -0.131. The van der Waals surface area contributed by atoms with Gasteiger partial charge in [-0.05, 0) is 75.1 Å². The molecule has 10 nitrogen and oxygen atoms in total. The van der Waals surface area contributed by atoms with Crippen molar-refractivity contribution in [3.05, 3.63) is 71.2 Å². The fourth-order valence-corrected chi connectivity index (χ4v) is 7.72. The molecule has 5 heterocycles. The summed E-state index contributed by atoms with van der Waals surface area (Å²) in [7, 11) is 0. The average molecular weight is 665 g/mol. The number of hydrogen-bond donors (Lipinski definition) is 0. The minimum absolute atomic E-state index is 0.0139. The van der Waals surface area contributed by atoms with Gasteiger partial charge in [0.15, 0.2) is 5.82 Å². The largest absolute Gasteiger partial charge is 0.338 e. The maximum Gasteiger partial charge on any atom is 0.253 e. The van der Waals surface area contributed by atoms with Crippen LogP contribution in [0.15, 0.2) is 42.7 Å². The molecule has 8 rings (SSSR count). The molecule has 2 saturated carbocycles. The third kappa shape index (κ3) is 6.40. The van der Waals surface area contributed by atoms with Gasteiger partial charge in [0.2, 0.25) is 5.91 Å². The third-order valence-electron chi connectivity index (χ3n) is 10.7. The highest BCUT2D eigenvalue weighted by Crippen LogP contribution is 2.42. The summed E-state index contributed by atoms with van der Waals surface area (Å²) in [5, 5.41) is 8.29. The van der Waals surface area contributed by atoms with Crippen LogP contribution in [0.1, 0.15) is 72.9 Å². The molecule has 0 unspecified atom stereocenters. The van der Waals surface area contributed by atoms with Crippen molar-refractivity contribution < 1.29 is 14.0 Å². The van der Waals surface area contributed by atoms with E-state index in [1.54, 1.807) is 23.1 Å². The molecule has 0 bridgehead atoms. The fraction of sp³-hybridized carbons (Fsp3) is 0.500. The van der Waals surface area contributed by atoms with Gasteiger partial charge in [0, 0.05) is 97.9 Å². The Labute approximate surface area is 286 Å². The van der Waals surface area contributed by atoms with Crippen LogP contribution in [0.4, 0.5) is 4.39 Å². The van der Waals surface area contributed by atoms with Crippen LogP contribution in [-0.2, 0) is 24.3 Å². The predicted octanol–water partition coefficient (Wildman–Crippen LogP) is 5.34. The average Bonchev–Trinajstić information content (AvgIpc) is 4.07. The third-order valence-corrected chi connectivity index (χ3v) is 10.7. The summed E-state index contributed by atoms with van der Waals surface area (Å²) in [5.41, 5.74) is 6.34. The molecule has 4 aliphatic rings. The Hall–Kier alpha value is -4.38. The normalized spacial score (nSPS) is 18.7. The molecule has 2 amide bonds. The molecule has 4 aromatic rings. The Kier molecular flexibility index (Phi) is 8.55. The molecule has 0 spiro atoms. The zero-order chi connectivity index (χ0) is 33.6. The van der Waals surface area contributed by atoms with Gasteiger partial charge < -0.3 is 14.4 Å². The number of aromatic nitrogens is 5. The minimum Gasteiger partial charge on any atom is -0.338 e. The van der Waals surface area contributed by atoms with Crippen LogP contribution in [0.5, 0.6) is 0 Å². The van der Waals surface area contributed by atoms with Crippen molar-refractivity contribution in [2.24, 2.45) is 5.92 Å². The van der Waals surface area contributed by atoms with Crippen LogP contribution in [0.2, 0.25) is 0 Å². The van der Waals surface area contributed by atoms with E-state index in [0.29, 0.717) is 80.7 Å². The summed E-state index contributed by atoms with van der Waals surface area (Å²) < 4.78 is 21.1. The number of benzene rings is 1. The van der Waals surface area contributed by atoms with Gasteiger partial charge in [0.05, 0.1) is 24.0 Å². The number of rotatable bonds is 10. The van der Waals surface area contributed by atoms with E-state index >= 15 is 4.39 Å². The zero-order valence-corrected chi connectivity index (χ0v) is 28.6. The number of aryl methyl sites for hydroxylation is 3. The number of pyridine rings is 1. The van der Waals surface area contributed by atoms with E-state index in [9.17, 15) is 9.59 Å². The summed E-state index contributed by atoms with van der Waals surface area (Å²) in [6.07, 6.45) is 11.8. The van der Waals surface area contributed by atoms with E-state index in [4.69, 9.17) is 4.98 Å². The van der Waals surface area contributed by atoms with E-state index in [1.165, 1.54) is 12.8 Å². The van der Waals surface area contributed by atoms with E-state index in [0.717, 1.165) is 66.0 Å². The first kappa shape index (κ1) is 31.9. The van der Waals surface area contributed by atoms with Crippen molar-refractivity contribution in [3.8, 4) is 11.1 Å². The quantitative estimate of drug-likeness (QED) is 0.227. The maximum absolute atomic E-state index is 17.3. The van der Waals surface area contributed by atoms with Gasteiger partial charge >= 0.3 is 0 Å². The Morgan fingerprint density at radius 3 is 2.51 bits per heavy atom. The van der Waals surface area contributed by atoms with Gasteiger partial charge in [-0.2, -0.15) is 0 Å². The van der Waals surface area contributed by atoms with Gasteiger partial charge in [-0.1, -0.05) is 24.3 Å². The number of hydrogen-bond acceptors (Lipinski definition) is 6. The first-order valence-electron chi connectivity index (χ1n) is 18.0. The van der Waals surface area contributed by atoms with Gasteiger partial charge in [-0.3, -0.25) is 24.2 Å². The summed E-state index contributed by atoms with van der Waals surface area (Å²) in [4.78, 5) is 38.7. The van der Waals surface area contributed by atoms with Crippen molar-refractivity contribution in [2.45, 2.75) is 77.9 Å². The van der Waals surface area contributed by atoms with E-state index in [1.807, 2.05) is 28.9 Å². The molecule has 3 fully saturated rings. The van der Waals surface area contributed by atoms with Crippen molar-refractivity contribution >= 4 is 28.3 Å². The number of carbonyl (C=O) groups is 2. The molecule has 3 aromatic heterocycles. The Bertz CT molecular complexity index is 1920. The van der Waals surface area contributed by atoms with E-state index in [-0.39, 0.29) is 17.6 Å². The topological polar surface area (TPSA) is 92.4 Å². The molecule has 49 heavy (non-hydrogen) atoms. The molecular formula is C38H45FN8O2. The van der Waals surface area contributed by atoms with Crippen LogP contribution < -0.4 is 0 Å². The first-order valence-corrected chi connectivity index (χ1v) is 18.0. The lowest BCUT2D eigenvalue weighted by atomic mass is 9.96. The van der Waals surface area contributed by atoms with Crippen molar-refractivity contribution in [3.63, 3.8) is 0 Å². The van der Waals surface area contributed by atoms with Crippen LogP contribution in [0.3, 0.4) is 0 Å². The maximum atomic E-state index is 17.3. The molecular weight excluding hydrogens is 619 g/mol. The lowest BCUT2D eigenvalue weighted by Crippen LogP contribution is -2.49. The summed E-state index contributed by atoms with van der Waals surface area (Å²) in [6, 6.07) is 8.54. The van der Waals surface area contributed by atoms with Gasteiger partial charge in [0.25, 0.3) is 5.91 Å². The molecule has 256 valence electrons. The van der Waals surface area contributed by atoms with Crippen LogP contribution in [-0.4, -0.2) is 96.4 Å². The SMILES string of the molecule is CCc1nc(C)ccc1-c1cc(C(=O)N2CCN(C3CC3)CC2)cc2c(F)c(C3=CCCN(C(=O)CCn4ccnn4)C3)n(CC3CC3)c12. The van der Waals surface area contributed by atoms with Crippen LogP contribution in [0, 0.1) is 18.7 Å². The molecule has 0 atom stereocenters. The molecule has 2 aliphatic heterocycles. The van der Waals surface area contributed by atoms with Gasteiger partial charge in [0.1, 0.15) is 0 Å². The number of fused-ring (bicyclic) bond motifs is 1. The second-order valence-electron chi connectivity index (χ2n) is 14.2. The van der Waals surface area contributed by atoms with Crippen LogP contribution in [0.25, 0.3) is 27.6 Å². The van der Waals surface area contributed by atoms with Crippen LogP contribution >= 0.6 is 0 Å². The molecule has 1 saturated heterocycles. The molecule has 1 aromatic carbocycles. The second-order valence-corrected chi connectivity index (χ2v) is 14.2. The van der Waals surface area contributed by atoms with Crippen molar-refractivity contribution in [1.82, 2.24) is 39.2 Å². The Morgan fingerprint density at radius 2 is 1.80 bits per heavy atom. The highest BCUT2D eigenvalue weighted by molar-refractivity contribution is 6.05. The van der Waals surface area contributed by atoms with Crippen molar-refractivity contribution in [1.29, 1.82) is 0 Å². The first-order chi connectivity index (χ1) is 23.9. The number of piperazine rings is 1. The van der Waals surface area contributed by atoms with E-state index < -0.39 is 0 Å². The number of amides is 2. The van der Waals surface area contributed by atoms with E-state index in [2.05, 4.69) is 38.8 Å². The minimum atomic E-state index is -0.314. The predicted molar refractivity (Wildman–Crippen MR) is 186 cm³/mol. The monoisotopic (exact) mass is 664 g/mol. The summed E-state index contributed by atoms with van der Waals surface area (Å²) >= 11 is 0. The fourth-order valence-electron chi connectivity index (χ4n) is 7.72. The number of nitrogens with zero attached hydrogens (tertiary/aromatic N) is 8. The highest BCUT2D eigenvalue weighted by Gasteiger charge is 2.34. The highest BCUT2D eigenvalue weighted by atomic mass is 19.1. The van der Waals surface area contributed by atoms with Gasteiger partial charge in [-0.15, -0.1) is 5.10 Å². The standard InChI is InChI=1S/C38H45FN8O2/c1-3-33-30(11-6-25(2)41-33)31-21-28(38(49)44-19-17-43(18-20-44)29-9-10-29)22-32-35(39)36(47(37(31)32)23-26-7-8-26)27-5-4-14-45(24-27)34(48)12-15-46-16-13-40-42-46/h5-6,11,13,16,21-22,26,29H,3-4,7-10,12,14-15,17-20,23-24H2,1-2H3. The molecule has 11 heteroatoms. The molecule has 0 radical (unpaired) electrons. The summed E-state index contributed by atoms with van der Waals surface area (Å²) in [6.45, 7) is 9.28. The second kappa shape index (κ2) is 13.2. The Morgan fingerprint density at radius 1 is 0.980 bits per heavy atom. The van der Waals surface area contributed by atoms with Crippen molar-refractivity contribution in [2.75, 3.05) is 39.3 Å². The number of carbonyl (C=O) groups excluding carboxylic acids is 2. The lowest BCUT2D eigenvalue weighted by Gasteiger charge is -2.35. The number of halogens is 1. The Balaban J connectivity index is 1.21. The molecule has 2 aliphatic carbocycles. The summed E-state index contributed by atoms with van der Waals surface area (Å²) in [5.74, 6) is 0.122. The zero-order valence-electron chi connectivity index (χ0n) is 28.6. The smallest absolute Gasteiger partial charge is 0.253 e. The molecule has 0 N–H and O–H groups in total. The van der Waals surface area contributed by atoms with Gasteiger partial charge in [-0.25, -0.2) is 4.39 Å².